The van der Waals surface area contributed by atoms with Crippen molar-refractivity contribution in [3.05, 3.63) is 69.0 Å². The van der Waals surface area contributed by atoms with E-state index >= 15 is 0 Å². The van der Waals surface area contributed by atoms with E-state index in [4.69, 9.17) is 4.42 Å². The molecule has 10 heteroatoms. The van der Waals surface area contributed by atoms with Gasteiger partial charge in [-0.15, -0.1) is 0 Å². The van der Waals surface area contributed by atoms with Crippen LogP contribution in [-0.4, -0.2) is 5.97 Å². The molecule has 1 aliphatic heterocycles. The van der Waals surface area contributed by atoms with Gasteiger partial charge in [0.2, 0.25) is 0 Å². The minimum atomic E-state index is -1.31. The summed E-state index contributed by atoms with van der Waals surface area (Å²) in [6, 6.07) is 11.2. The normalized spacial score (nSPS) is 10.5. The molecule has 1 aliphatic carbocycles. The summed E-state index contributed by atoms with van der Waals surface area (Å²) in [6.07, 6.45) is 0. The molecular formula is C20H7I3Na2O5. The van der Waals surface area contributed by atoms with Crippen molar-refractivity contribution in [2.75, 3.05) is 0 Å². The van der Waals surface area contributed by atoms with E-state index in [1.54, 1.807) is 30.3 Å². The van der Waals surface area contributed by atoms with E-state index in [-0.39, 0.29) is 75.9 Å². The molecular weight excluding hydrogens is 747 g/mol. The molecule has 0 amide bonds. The summed E-state index contributed by atoms with van der Waals surface area (Å²) < 4.78 is 7.28. The molecule has 0 fully saturated rings. The van der Waals surface area contributed by atoms with Crippen molar-refractivity contribution in [2.45, 2.75) is 0 Å². The van der Waals surface area contributed by atoms with Crippen LogP contribution in [0.5, 0.6) is 5.75 Å². The molecule has 0 unspecified atom stereocenters. The van der Waals surface area contributed by atoms with Gasteiger partial charge in [0.05, 0.1) is 9.54 Å². The molecule has 0 spiro atoms. The Morgan fingerprint density at radius 1 is 0.933 bits per heavy atom. The minimum Gasteiger partial charge on any atom is -0.871 e. The van der Waals surface area contributed by atoms with Gasteiger partial charge in [-0.2, -0.15) is 0 Å². The largest absolute Gasteiger partial charge is 1.00 e. The minimum absolute atomic E-state index is 0. The number of carboxylic acids is 1. The standard InChI is InChI=1S/C20H9I3O5.2Na/c21-12-5-10-15(7-14(12)24)28-19-11(6-13(22)18(25)17(19)23)16(10)8-3-1-2-4-9(8)20(26)27;;/h1-7,25H,(H,26,27);;/q;2*+1/p-2. The van der Waals surface area contributed by atoms with Gasteiger partial charge in [0.1, 0.15) is 11.3 Å². The summed E-state index contributed by atoms with van der Waals surface area (Å²) in [5, 5.41) is 24.8. The van der Waals surface area contributed by atoms with Gasteiger partial charge < -0.3 is 19.4 Å². The van der Waals surface area contributed by atoms with Crippen LogP contribution in [0.3, 0.4) is 0 Å². The maximum atomic E-state index is 12.4. The van der Waals surface area contributed by atoms with Crippen LogP contribution < -0.4 is 74.8 Å². The number of halogens is 3. The maximum absolute atomic E-state index is 12.4. The van der Waals surface area contributed by atoms with Gasteiger partial charge in [-0.25, -0.2) is 0 Å². The molecule has 0 aromatic heterocycles. The fraction of sp³-hybridized carbons (Fsp3) is 0. The third kappa shape index (κ3) is 4.76. The molecule has 4 rings (SSSR count). The fourth-order valence-corrected chi connectivity index (χ4v) is 5.36. The van der Waals surface area contributed by atoms with Gasteiger partial charge in [-0.1, -0.05) is 30.0 Å². The van der Waals surface area contributed by atoms with Crippen LogP contribution in [0.25, 0.3) is 33.4 Å². The number of hydrogen-bond acceptors (Lipinski definition) is 5. The number of rotatable bonds is 2. The van der Waals surface area contributed by atoms with Crippen molar-refractivity contribution in [2.24, 2.45) is 0 Å². The van der Waals surface area contributed by atoms with Crippen LogP contribution in [0.1, 0.15) is 10.4 Å². The fourth-order valence-electron chi connectivity index (χ4n) is 3.11. The van der Waals surface area contributed by atoms with Crippen molar-refractivity contribution < 1.29 is 78.5 Å². The Bertz CT molecular complexity index is 1320. The Kier molecular flexibility index (Phi) is 9.55. The Hall–Kier alpha value is 0.590. The van der Waals surface area contributed by atoms with E-state index in [0.717, 1.165) is 0 Å². The summed E-state index contributed by atoms with van der Waals surface area (Å²) in [5.41, 5.74) is 1.75. The average molecular weight is 754 g/mol. The number of fused-ring (bicyclic) bond motifs is 2. The maximum Gasteiger partial charge on any atom is 1.00 e. The predicted octanol–water partition coefficient (Wildman–Crippen LogP) is -2.18. The SMILES string of the molecule is O=C([O-])c1ccccc1-c1c2cc(I)c(=O)cc-2oc2c(I)c([O-])c(I)cc12.[Na+].[Na+]. The summed E-state index contributed by atoms with van der Waals surface area (Å²) in [6.45, 7) is 0. The second-order valence-corrected chi connectivity index (χ2v) is 9.37. The molecule has 2 aromatic carbocycles. The van der Waals surface area contributed by atoms with Gasteiger partial charge in [0.25, 0.3) is 0 Å². The molecule has 2 aliphatic rings. The van der Waals surface area contributed by atoms with Crippen LogP contribution >= 0.6 is 67.8 Å². The third-order valence-electron chi connectivity index (χ3n) is 4.33. The quantitative estimate of drug-likeness (QED) is 0.132. The van der Waals surface area contributed by atoms with Crippen LogP contribution in [0, 0.1) is 10.7 Å². The van der Waals surface area contributed by atoms with E-state index in [9.17, 15) is 19.8 Å². The molecule has 0 saturated heterocycles. The Morgan fingerprint density at radius 2 is 1.60 bits per heavy atom. The monoisotopic (exact) mass is 754 g/mol. The number of aromatic carboxylic acids is 1. The van der Waals surface area contributed by atoms with Gasteiger partial charge in [0, 0.05) is 35.3 Å². The second kappa shape index (κ2) is 10.7. The van der Waals surface area contributed by atoms with Crippen molar-refractivity contribution in [3.8, 4) is 28.2 Å². The smallest absolute Gasteiger partial charge is 0.871 e. The third-order valence-corrected chi connectivity index (χ3v) is 6.96. The number of carbonyl (C=O) groups excluding carboxylic acids is 1. The van der Waals surface area contributed by atoms with Crippen LogP contribution in [0.15, 0.2) is 51.7 Å². The van der Waals surface area contributed by atoms with Gasteiger partial charge in [-0.05, 0) is 85.5 Å². The van der Waals surface area contributed by atoms with Crippen LogP contribution in [0.4, 0.5) is 0 Å². The number of hydrogen-bond donors (Lipinski definition) is 0. The van der Waals surface area contributed by atoms with E-state index in [1.165, 1.54) is 12.1 Å². The van der Waals surface area contributed by atoms with Crippen molar-refractivity contribution in [1.29, 1.82) is 0 Å². The van der Waals surface area contributed by atoms with Crippen LogP contribution in [-0.2, 0) is 0 Å². The molecule has 30 heavy (non-hydrogen) atoms. The van der Waals surface area contributed by atoms with E-state index in [1.807, 2.05) is 67.8 Å². The molecule has 0 N–H and O–H groups in total. The number of benzene rings is 3. The first-order valence-electron chi connectivity index (χ1n) is 7.85. The van der Waals surface area contributed by atoms with Gasteiger partial charge >= 0.3 is 59.1 Å². The van der Waals surface area contributed by atoms with Crippen LogP contribution in [0.2, 0.25) is 0 Å². The zero-order valence-electron chi connectivity index (χ0n) is 15.7. The van der Waals surface area contributed by atoms with E-state index < -0.39 is 5.97 Å². The topological polar surface area (TPSA) is 93.4 Å². The Labute approximate surface area is 256 Å². The molecule has 2 aromatic rings. The molecule has 140 valence electrons. The first-order chi connectivity index (χ1) is 13.3. The molecule has 0 atom stereocenters. The summed E-state index contributed by atoms with van der Waals surface area (Å²) >= 11 is 5.81. The first-order valence-corrected chi connectivity index (χ1v) is 11.1. The van der Waals surface area contributed by atoms with Crippen molar-refractivity contribution >= 4 is 84.7 Å². The summed E-state index contributed by atoms with van der Waals surface area (Å²) in [7, 11) is 0. The number of carboxylic acid groups (broad SMARTS) is 1. The molecule has 0 bridgehead atoms. The predicted molar refractivity (Wildman–Crippen MR) is 126 cm³/mol. The Balaban J connectivity index is 0.00000160. The zero-order valence-corrected chi connectivity index (χ0v) is 26.2. The summed E-state index contributed by atoms with van der Waals surface area (Å²) in [4.78, 5) is 23.9. The zero-order chi connectivity index (χ0) is 20.2. The molecule has 0 radical (unpaired) electrons. The van der Waals surface area contributed by atoms with Crippen molar-refractivity contribution in [1.82, 2.24) is 0 Å². The van der Waals surface area contributed by atoms with E-state index in [0.29, 0.717) is 44.1 Å². The molecule has 0 saturated carbocycles. The number of carbonyl (C=O) groups is 1. The summed E-state index contributed by atoms with van der Waals surface area (Å²) in [5.74, 6) is -1.19. The molecule has 5 nitrogen and oxygen atoms in total. The van der Waals surface area contributed by atoms with E-state index in [2.05, 4.69) is 0 Å². The Morgan fingerprint density at radius 3 is 2.27 bits per heavy atom. The second-order valence-electron chi connectivity index (χ2n) is 5.97. The average Bonchev–Trinajstić information content (AvgIpc) is 2.66. The molecule has 1 heterocycles. The van der Waals surface area contributed by atoms with Crippen molar-refractivity contribution in [3.63, 3.8) is 0 Å². The first kappa shape index (κ1) is 26.8. The van der Waals surface area contributed by atoms with Gasteiger partial charge in [0.15, 0.2) is 5.43 Å². The van der Waals surface area contributed by atoms with Gasteiger partial charge in [-0.3, -0.25) is 4.79 Å².